The number of carbonyl (C=O) groups is 1. The number of thiazole rings is 1. The Bertz CT molecular complexity index is 1070. The molecule has 31 heavy (non-hydrogen) atoms. The second kappa shape index (κ2) is 8.67. The maximum atomic E-state index is 13.7. The van der Waals surface area contributed by atoms with Crippen LogP contribution in [-0.4, -0.2) is 33.8 Å². The van der Waals surface area contributed by atoms with Gasteiger partial charge in [0.1, 0.15) is 0 Å². The third-order valence-corrected chi connectivity index (χ3v) is 4.92. The highest BCUT2D eigenvalue weighted by atomic mass is 32.1. The largest absolute Gasteiger partial charge is 0.434 e. The standard InChI is InChI=1S/C18H15F6N5OS/c19-17(20,21)11-4-1-3-10(7-11)13-9-31-16(28-13)29-14(18(22,23)24)12(8-27-29)15(30)26-6-2-5-25/h1,3-4,7-9H,2,5-6,25H2,(H,26,30). The number of rotatable bonds is 6. The van der Waals surface area contributed by atoms with E-state index in [9.17, 15) is 31.1 Å². The lowest BCUT2D eigenvalue weighted by atomic mass is 10.1. The normalized spacial score (nSPS) is 12.2. The molecule has 3 N–H and O–H groups in total. The minimum Gasteiger partial charge on any atom is -0.352 e. The summed E-state index contributed by atoms with van der Waals surface area (Å²) in [5, 5.41) is 7.04. The SMILES string of the molecule is NCCCNC(=O)c1cnn(-c2nc(-c3cccc(C(F)(F)F)c3)cs2)c1C(F)(F)F. The van der Waals surface area contributed by atoms with E-state index in [1.165, 1.54) is 17.5 Å². The van der Waals surface area contributed by atoms with E-state index in [2.05, 4.69) is 15.4 Å². The van der Waals surface area contributed by atoms with Crippen LogP contribution in [0.3, 0.4) is 0 Å². The summed E-state index contributed by atoms with van der Waals surface area (Å²) in [6, 6.07) is 4.26. The number of alkyl halides is 6. The highest BCUT2D eigenvalue weighted by Gasteiger charge is 2.41. The van der Waals surface area contributed by atoms with Gasteiger partial charge in [-0.15, -0.1) is 11.3 Å². The molecule has 0 saturated carbocycles. The Balaban J connectivity index is 1.98. The quantitative estimate of drug-likeness (QED) is 0.426. The van der Waals surface area contributed by atoms with Crippen LogP contribution in [0.2, 0.25) is 0 Å². The van der Waals surface area contributed by atoms with Crippen molar-refractivity contribution >= 4 is 17.2 Å². The zero-order valence-corrected chi connectivity index (χ0v) is 16.4. The van der Waals surface area contributed by atoms with E-state index in [1.54, 1.807) is 0 Å². The molecule has 0 radical (unpaired) electrons. The van der Waals surface area contributed by atoms with Gasteiger partial charge in [0.25, 0.3) is 5.91 Å². The van der Waals surface area contributed by atoms with Gasteiger partial charge in [-0.2, -0.15) is 31.4 Å². The number of halogens is 6. The third-order valence-electron chi connectivity index (χ3n) is 4.11. The Kier molecular flexibility index (Phi) is 6.36. The summed E-state index contributed by atoms with van der Waals surface area (Å²) in [7, 11) is 0. The molecule has 3 rings (SSSR count). The van der Waals surface area contributed by atoms with Crippen molar-refractivity contribution in [1.82, 2.24) is 20.1 Å². The molecule has 0 bridgehead atoms. The van der Waals surface area contributed by atoms with Crippen LogP contribution in [0, 0.1) is 0 Å². The molecule has 0 atom stereocenters. The highest BCUT2D eigenvalue weighted by molar-refractivity contribution is 7.12. The third kappa shape index (κ3) is 5.05. The van der Waals surface area contributed by atoms with E-state index in [1.807, 2.05) is 0 Å². The number of nitrogens with zero attached hydrogens (tertiary/aromatic N) is 3. The Morgan fingerprint density at radius 1 is 1.16 bits per heavy atom. The van der Waals surface area contributed by atoms with Gasteiger partial charge in [0, 0.05) is 17.5 Å². The van der Waals surface area contributed by atoms with Crippen LogP contribution >= 0.6 is 11.3 Å². The van der Waals surface area contributed by atoms with E-state index >= 15 is 0 Å². The molecular weight excluding hydrogens is 448 g/mol. The van der Waals surface area contributed by atoms with Crippen molar-refractivity contribution in [2.24, 2.45) is 5.73 Å². The van der Waals surface area contributed by atoms with Gasteiger partial charge >= 0.3 is 12.4 Å². The molecule has 13 heteroatoms. The summed E-state index contributed by atoms with van der Waals surface area (Å²) in [6.45, 7) is 0.345. The first kappa shape index (κ1) is 22.7. The van der Waals surface area contributed by atoms with Crippen molar-refractivity contribution in [2.45, 2.75) is 18.8 Å². The maximum absolute atomic E-state index is 13.7. The van der Waals surface area contributed by atoms with E-state index in [0.717, 1.165) is 29.7 Å². The molecule has 0 aliphatic heterocycles. The zero-order chi connectivity index (χ0) is 22.8. The second-order valence-corrected chi connectivity index (χ2v) is 7.14. The summed E-state index contributed by atoms with van der Waals surface area (Å²) < 4.78 is 80.3. The topological polar surface area (TPSA) is 85.8 Å². The first-order chi connectivity index (χ1) is 14.5. The fraction of sp³-hybridized carbons (Fsp3) is 0.278. The van der Waals surface area contributed by atoms with Crippen LogP contribution in [0.5, 0.6) is 0 Å². The van der Waals surface area contributed by atoms with Crippen molar-refractivity contribution in [3.8, 4) is 16.4 Å². The van der Waals surface area contributed by atoms with Crippen molar-refractivity contribution < 1.29 is 31.1 Å². The second-order valence-electron chi connectivity index (χ2n) is 6.31. The smallest absolute Gasteiger partial charge is 0.352 e. The molecule has 0 saturated heterocycles. The zero-order valence-electron chi connectivity index (χ0n) is 15.6. The average molecular weight is 463 g/mol. The number of benzene rings is 1. The monoisotopic (exact) mass is 463 g/mol. The fourth-order valence-corrected chi connectivity index (χ4v) is 3.48. The lowest BCUT2D eigenvalue weighted by molar-refractivity contribution is -0.143. The lowest BCUT2D eigenvalue weighted by Gasteiger charge is -2.11. The Labute approximate surface area is 175 Å². The molecule has 166 valence electrons. The molecule has 0 spiro atoms. The molecule has 0 aliphatic rings. The predicted octanol–water partition coefficient (Wildman–Crippen LogP) is 4.11. The van der Waals surface area contributed by atoms with Gasteiger partial charge in [0.05, 0.1) is 23.0 Å². The van der Waals surface area contributed by atoms with Gasteiger partial charge in [0.15, 0.2) is 5.69 Å². The molecule has 3 aromatic rings. The van der Waals surface area contributed by atoms with Gasteiger partial charge in [0.2, 0.25) is 5.13 Å². The van der Waals surface area contributed by atoms with Crippen LogP contribution in [0.15, 0.2) is 35.8 Å². The summed E-state index contributed by atoms with van der Waals surface area (Å²) in [6.07, 6.45) is -8.36. The minimum atomic E-state index is -4.93. The molecular formula is C18H15F6N5OS. The molecule has 0 fully saturated rings. The van der Waals surface area contributed by atoms with E-state index in [4.69, 9.17) is 5.73 Å². The number of hydrogen-bond donors (Lipinski definition) is 2. The number of nitrogens with one attached hydrogen (secondary N) is 1. The Morgan fingerprint density at radius 2 is 1.90 bits per heavy atom. The number of hydrogen-bond acceptors (Lipinski definition) is 5. The summed E-state index contributed by atoms with van der Waals surface area (Å²) >= 11 is 0.748. The number of amides is 1. The average Bonchev–Trinajstić information content (AvgIpc) is 3.34. The number of aromatic nitrogens is 3. The minimum absolute atomic E-state index is 0.0451. The van der Waals surface area contributed by atoms with Crippen LogP contribution in [0.25, 0.3) is 16.4 Å². The van der Waals surface area contributed by atoms with Crippen molar-refractivity contribution in [2.75, 3.05) is 13.1 Å². The molecule has 1 aromatic carbocycles. The molecule has 2 aromatic heterocycles. The first-order valence-corrected chi connectivity index (χ1v) is 9.67. The van der Waals surface area contributed by atoms with E-state index < -0.39 is 35.1 Å². The number of nitrogens with two attached hydrogens (primary N) is 1. The van der Waals surface area contributed by atoms with Crippen LogP contribution in [0.4, 0.5) is 26.3 Å². The maximum Gasteiger partial charge on any atom is 0.434 e. The summed E-state index contributed by atoms with van der Waals surface area (Å²) in [5.41, 5.74) is 2.49. The summed E-state index contributed by atoms with van der Waals surface area (Å²) in [5.74, 6) is -0.971. The van der Waals surface area contributed by atoms with Crippen molar-refractivity contribution in [3.05, 3.63) is 52.7 Å². The molecule has 0 aliphatic carbocycles. The molecule has 1 amide bonds. The summed E-state index contributed by atoms with van der Waals surface area (Å²) in [4.78, 5) is 16.2. The molecule has 2 heterocycles. The first-order valence-electron chi connectivity index (χ1n) is 8.79. The van der Waals surface area contributed by atoms with Crippen LogP contribution in [0.1, 0.15) is 28.0 Å². The van der Waals surface area contributed by atoms with Crippen LogP contribution in [-0.2, 0) is 12.4 Å². The van der Waals surface area contributed by atoms with Gasteiger partial charge in [-0.05, 0) is 25.1 Å². The van der Waals surface area contributed by atoms with E-state index in [-0.39, 0.29) is 29.5 Å². The van der Waals surface area contributed by atoms with Gasteiger partial charge in [-0.1, -0.05) is 12.1 Å². The van der Waals surface area contributed by atoms with Gasteiger partial charge < -0.3 is 11.1 Å². The molecule has 0 unspecified atom stereocenters. The fourth-order valence-electron chi connectivity index (χ4n) is 2.68. The highest BCUT2D eigenvalue weighted by Crippen LogP contribution is 2.36. The van der Waals surface area contributed by atoms with Crippen molar-refractivity contribution in [1.29, 1.82) is 0 Å². The predicted molar refractivity (Wildman–Crippen MR) is 101 cm³/mol. The lowest BCUT2D eigenvalue weighted by Crippen LogP contribution is -2.28. The Morgan fingerprint density at radius 3 is 2.55 bits per heavy atom. The van der Waals surface area contributed by atoms with E-state index in [0.29, 0.717) is 11.1 Å². The van der Waals surface area contributed by atoms with Crippen molar-refractivity contribution in [3.63, 3.8) is 0 Å². The van der Waals surface area contributed by atoms with Crippen LogP contribution < -0.4 is 11.1 Å². The number of carbonyl (C=O) groups excluding carboxylic acids is 1. The molecule has 6 nitrogen and oxygen atoms in total. The van der Waals surface area contributed by atoms with Gasteiger partial charge in [-0.25, -0.2) is 9.67 Å². The Hall–Kier alpha value is -2.93. The van der Waals surface area contributed by atoms with Gasteiger partial charge in [-0.3, -0.25) is 4.79 Å².